The molecule has 0 saturated heterocycles. The van der Waals surface area contributed by atoms with Gasteiger partial charge in [0.2, 0.25) is 0 Å². The second-order valence-electron chi connectivity index (χ2n) is 4.68. The van der Waals surface area contributed by atoms with E-state index in [1.165, 1.54) is 11.3 Å². The predicted octanol–water partition coefficient (Wildman–Crippen LogP) is 5.01. The van der Waals surface area contributed by atoms with Crippen LogP contribution in [0.15, 0.2) is 22.6 Å². The average molecular weight is 341 g/mol. The molecule has 1 N–H and O–H groups in total. The second kappa shape index (κ2) is 7.20. The molecule has 0 aliphatic rings. The third kappa shape index (κ3) is 3.93. The Hall–Kier alpha value is -1.17. The molecule has 2 heterocycles. The molecule has 3 nitrogen and oxygen atoms in total. The summed E-state index contributed by atoms with van der Waals surface area (Å²) in [7, 11) is 0. The van der Waals surface area contributed by atoms with E-state index < -0.39 is 0 Å². The lowest BCUT2D eigenvalue weighted by atomic mass is 10.2. The summed E-state index contributed by atoms with van der Waals surface area (Å²) in [6.07, 6.45) is 1.76. The number of hydrogen-bond donors (Lipinski definition) is 1. The van der Waals surface area contributed by atoms with Crippen LogP contribution in [0.5, 0.6) is 0 Å². The van der Waals surface area contributed by atoms with Crippen molar-refractivity contribution in [3.05, 3.63) is 42.7 Å². The summed E-state index contributed by atoms with van der Waals surface area (Å²) in [6.45, 7) is 6.05. The van der Waals surface area contributed by atoms with Gasteiger partial charge < -0.3 is 0 Å². The molecule has 0 fully saturated rings. The number of carbonyl (C=O) groups is 1. The molecule has 0 bridgehead atoms. The van der Waals surface area contributed by atoms with Crippen molar-refractivity contribution in [1.29, 1.82) is 0 Å². The first-order chi connectivity index (χ1) is 10.0. The zero-order valence-electron chi connectivity index (χ0n) is 12.2. The van der Waals surface area contributed by atoms with Crippen LogP contribution in [0.1, 0.15) is 45.4 Å². The fourth-order valence-corrected chi connectivity index (χ4v) is 3.78. The summed E-state index contributed by atoms with van der Waals surface area (Å²) in [6, 6.07) is 3.79. The number of hydrazone groups is 1. The van der Waals surface area contributed by atoms with Crippen LogP contribution in [-0.2, 0) is 0 Å². The minimum Gasteiger partial charge on any atom is -0.267 e. The van der Waals surface area contributed by atoms with Gasteiger partial charge in [0.25, 0.3) is 5.91 Å². The topological polar surface area (TPSA) is 41.5 Å². The monoisotopic (exact) mass is 340 g/mol. The van der Waals surface area contributed by atoms with Gasteiger partial charge in [0.1, 0.15) is 0 Å². The Kier molecular flexibility index (Phi) is 5.56. The molecule has 0 radical (unpaired) electrons. The normalized spacial score (nSPS) is 11.7. The summed E-state index contributed by atoms with van der Waals surface area (Å²) >= 11 is 9.02. The highest BCUT2D eigenvalue weighted by Crippen LogP contribution is 2.24. The van der Waals surface area contributed by atoms with Crippen LogP contribution < -0.4 is 5.43 Å². The van der Waals surface area contributed by atoms with Gasteiger partial charge in [-0.1, -0.05) is 24.9 Å². The Bertz CT molecular complexity index is 673. The fourth-order valence-electron chi connectivity index (χ4n) is 1.86. The van der Waals surface area contributed by atoms with E-state index in [4.69, 9.17) is 11.6 Å². The largest absolute Gasteiger partial charge is 0.272 e. The van der Waals surface area contributed by atoms with Crippen LogP contribution in [0.3, 0.4) is 0 Å². The zero-order chi connectivity index (χ0) is 15.4. The molecular formula is C15H17ClN2OS2. The zero-order valence-corrected chi connectivity index (χ0v) is 14.6. The molecule has 1 amide bonds. The highest BCUT2D eigenvalue weighted by Gasteiger charge is 2.13. The number of carbonyl (C=O) groups excluding carboxylic acids is 1. The van der Waals surface area contributed by atoms with Gasteiger partial charge in [-0.25, -0.2) is 5.43 Å². The van der Waals surface area contributed by atoms with E-state index in [-0.39, 0.29) is 5.91 Å². The van der Waals surface area contributed by atoms with E-state index in [2.05, 4.69) is 17.5 Å². The Morgan fingerprint density at radius 2 is 2.14 bits per heavy atom. The van der Waals surface area contributed by atoms with Crippen molar-refractivity contribution in [3.8, 4) is 0 Å². The quantitative estimate of drug-likeness (QED) is 0.603. The van der Waals surface area contributed by atoms with Gasteiger partial charge in [-0.2, -0.15) is 5.10 Å². The maximum atomic E-state index is 12.2. The molecular weight excluding hydrogens is 324 g/mol. The van der Waals surface area contributed by atoms with E-state index in [0.717, 1.165) is 38.2 Å². The molecule has 2 aromatic heterocycles. The molecule has 0 saturated carbocycles. The summed E-state index contributed by atoms with van der Waals surface area (Å²) in [5.41, 5.74) is 5.25. The van der Waals surface area contributed by atoms with Gasteiger partial charge in [-0.3, -0.25) is 4.79 Å². The third-order valence-corrected chi connectivity index (χ3v) is 5.46. The van der Waals surface area contributed by atoms with Crippen LogP contribution in [0.25, 0.3) is 0 Å². The maximum Gasteiger partial charge on any atom is 0.272 e. The van der Waals surface area contributed by atoms with Crippen molar-refractivity contribution in [3.63, 3.8) is 0 Å². The SMILES string of the molecule is CCCC(=NNC(=O)c1csc(C)c1C)c1ccc(Cl)s1. The molecule has 112 valence electrons. The molecule has 0 aromatic carbocycles. The first kappa shape index (κ1) is 16.2. The molecule has 0 aliphatic heterocycles. The molecule has 0 aliphatic carbocycles. The number of thiophene rings is 2. The summed E-state index contributed by atoms with van der Waals surface area (Å²) < 4.78 is 0.726. The number of aryl methyl sites for hydroxylation is 1. The lowest BCUT2D eigenvalue weighted by Gasteiger charge is -2.04. The van der Waals surface area contributed by atoms with E-state index in [1.807, 2.05) is 31.4 Å². The smallest absolute Gasteiger partial charge is 0.267 e. The molecule has 6 heteroatoms. The highest BCUT2D eigenvalue weighted by atomic mass is 35.5. The van der Waals surface area contributed by atoms with Gasteiger partial charge in [0.15, 0.2) is 0 Å². The summed E-state index contributed by atoms with van der Waals surface area (Å²) in [5.74, 6) is -0.159. The Morgan fingerprint density at radius 3 is 2.67 bits per heavy atom. The van der Waals surface area contributed by atoms with Crippen LogP contribution >= 0.6 is 34.3 Å². The first-order valence-electron chi connectivity index (χ1n) is 6.70. The number of amides is 1. The van der Waals surface area contributed by atoms with E-state index >= 15 is 0 Å². The van der Waals surface area contributed by atoms with Crippen molar-refractivity contribution >= 4 is 45.9 Å². The lowest BCUT2D eigenvalue weighted by Crippen LogP contribution is -2.20. The molecule has 2 aromatic rings. The standard InChI is InChI=1S/C15H17ClN2OS2/c1-4-5-12(13-6-7-14(16)21-13)17-18-15(19)11-8-20-10(3)9(11)2/h6-8H,4-5H2,1-3H3,(H,18,19). The van der Waals surface area contributed by atoms with Gasteiger partial charge >= 0.3 is 0 Å². The van der Waals surface area contributed by atoms with Crippen LogP contribution in [-0.4, -0.2) is 11.6 Å². The van der Waals surface area contributed by atoms with Crippen LogP contribution in [0.2, 0.25) is 4.34 Å². The molecule has 0 spiro atoms. The number of halogens is 1. The van der Waals surface area contributed by atoms with E-state index in [9.17, 15) is 4.79 Å². The van der Waals surface area contributed by atoms with E-state index in [0.29, 0.717) is 5.56 Å². The minimum absolute atomic E-state index is 0.159. The van der Waals surface area contributed by atoms with Crippen molar-refractivity contribution in [2.75, 3.05) is 0 Å². The Morgan fingerprint density at radius 1 is 1.38 bits per heavy atom. The van der Waals surface area contributed by atoms with E-state index in [1.54, 1.807) is 11.3 Å². The van der Waals surface area contributed by atoms with Crippen molar-refractivity contribution < 1.29 is 4.79 Å². The summed E-state index contributed by atoms with van der Waals surface area (Å²) in [5, 5.41) is 6.17. The van der Waals surface area contributed by atoms with Crippen LogP contribution in [0.4, 0.5) is 0 Å². The average Bonchev–Trinajstić information content (AvgIpc) is 3.02. The fraction of sp³-hybridized carbons (Fsp3) is 0.333. The first-order valence-corrected chi connectivity index (χ1v) is 8.77. The van der Waals surface area contributed by atoms with Gasteiger partial charge in [0, 0.05) is 10.3 Å². The van der Waals surface area contributed by atoms with Crippen molar-refractivity contribution in [2.45, 2.75) is 33.6 Å². The Balaban J connectivity index is 2.16. The molecule has 2 rings (SSSR count). The van der Waals surface area contributed by atoms with Crippen LogP contribution in [0, 0.1) is 13.8 Å². The number of rotatable bonds is 5. The number of nitrogens with zero attached hydrogens (tertiary/aromatic N) is 1. The predicted molar refractivity (Wildman–Crippen MR) is 92.0 cm³/mol. The number of hydrogen-bond acceptors (Lipinski definition) is 4. The Labute approximate surface area is 137 Å². The van der Waals surface area contributed by atoms with Crippen molar-refractivity contribution in [1.82, 2.24) is 5.43 Å². The molecule has 0 unspecified atom stereocenters. The minimum atomic E-state index is -0.159. The highest BCUT2D eigenvalue weighted by molar-refractivity contribution is 7.18. The number of nitrogens with one attached hydrogen (secondary N) is 1. The maximum absolute atomic E-state index is 12.2. The third-order valence-electron chi connectivity index (χ3n) is 3.17. The molecule has 0 atom stereocenters. The van der Waals surface area contributed by atoms with Gasteiger partial charge in [-0.05, 0) is 38.0 Å². The summed E-state index contributed by atoms with van der Waals surface area (Å²) in [4.78, 5) is 14.3. The van der Waals surface area contributed by atoms with Gasteiger partial charge in [-0.15, -0.1) is 22.7 Å². The lowest BCUT2D eigenvalue weighted by molar-refractivity contribution is 0.0954. The van der Waals surface area contributed by atoms with Gasteiger partial charge in [0.05, 0.1) is 20.5 Å². The second-order valence-corrected chi connectivity index (χ2v) is 7.48. The van der Waals surface area contributed by atoms with Crippen molar-refractivity contribution in [2.24, 2.45) is 5.10 Å². The molecule has 21 heavy (non-hydrogen) atoms.